The fourth-order valence-corrected chi connectivity index (χ4v) is 2.92. The van der Waals surface area contributed by atoms with Gasteiger partial charge in [-0.2, -0.15) is 0 Å². The molecular weight excluding hydrogens is 323 g/mol. The summed E-state index contributed by atoms with van der Waals surface area (Å²) < 4.78 is 18.2. The number of carbonyl (C=O) groups is 2. The highest BCUT2D eigenvalue weighted by Gasteiger charge is 2.35. The lowest BCUT2D eigenvalue weighted by molar-refractivity contribution is -0.124. The predicted molar refractivity (Wildman–Crippen MR) is 92.2 cm³/mol. The first-order valence-corrected chi connectivity index (χ1v) is 8.03. The van der Waals surface area contributed by atoms with E-state index < -0.39 is 6.04 Å². The first kappa shape index (κ1) is 17.0. The minimum absolute atomic E-state index is 0.181. The summed E-state index contributed by atoms with van der Waals surface area (Å²) in [6, 6.07) is 12.0. The number of ether oxygens (including phenoxy) is 1. The van der Waals surface area contributed by atoms with Crippen molar-refractivity contribution in [3.8, 4) is 5.75 Å². The van der Waals surface area contributed by atoms with Gasteiger partial charge in [0.05, 0.1) is 7.11 Å². The van der Waals surface area contributed by atoms with Crippen molar-refractivity contribution in [1.82, 2.24) is 4.90 Å². The lowest BCUT2D eigenvalue weighted by Gasteiger charge is -2.39. The van der Waals surface area contributed by atoms with E-state index in [1.54, 1.807) is 60.2 Å². The lowest BCUT2D eigenvalue weighted by atomic mass is 10.1. The number of hydrogen-bond acceptors (Lipinski definition) is 3. The summed E-state index contributed by atoms with van der Waals surface area (Å²) >= 11 is 0. The minimum atomic E-state index is -0.589. The van der Waals surface area contributed by atoms with Crippen LogP contribution in [0.2, 0.25) is 0 Å². The third kappa shape index (κ3) is 3.33. The molecule has 0 aliphatic carbocycles. The summed E-state index contributed by atoms with van der Waals surface area (Å²) in [5.41, 5.74) is 1.14. The zero-order chi connectivity index (χ0) is 18.0. The highest BCUT2D eigenvalue weighted by Crippen LogP contribution is 2.22. The molecule has 1 aliphatic heterocycles. The van der Waals surface area contributed by atoms with E-state index in [-0.39, 0.29) is 17.6 Å². The number of carbonyl (C=O) groups excluding carboxylic acids is 2. The third-order valence-electron chi connectivity index (χ3n) is 4.39. The molecule has 0 radical (unpaired) electrons. The van der Waals surface area contributed by atoms with Gasteiger partial charge in [-0.3, -0.25) is 9.59 Å². The van der Waals surface area contributed by atoms with Crippen molar-refractivity contribution in [2.75, 3.05) is 25.1 Å². The molecule has 2 amide bonds. The smallest absolute Gasteiger partial charge is 0.254 e. The van der Waals surface area contributed by atoms with Gasteiger partial charge in [0.1, 0.15) is 17.6 Å². The number of benzene rings is 2. The van der Waals surface area contributed by atoms with E-state index >= 15 is 0 Å². The minimum Gasteiger partial charge on any atom is -0.497 e. The zero-order valence-electron chi connectivity index (χ0n) is 14.1. The normalized spacial score (nSPS) is 17.6. The van der Waals surface area contributed by atoms with Gasteiger partial charge in [-0.05, 0) is 55.5 Å². The first-order chi connectivity index (χ1) is 12.0. The van der Waals surface area contributed by atoms with Crippen molar-refractivity contribution in [2.45, 2.75) is 13.0 Å². The van der Waals surface area contributed by atoms with Gasteiger partial charge in [0.2, 0.25) is 5.91 Å². The Morgan fingerprint density at radius 2 is 1.72 bits per heavy atom. The van der Waals surface area contributed by atoms with E-state index in [0.29, 0.717) is 30.1 Å². The fourth-order valence-electron chi connectivity index (χ4n) is 2.92. The predicted octanol–water partition coefficient (Wildman–Crippen LogP) is 2.71. The van der Waals surface area contributed by atoms with Gasteiger partial charge in [-0.25, -0.2) is 4.39 Å². The number of methoxy groups -OCH3 is 1. The van der Waals surface area contributed by atoms with Gasteiger partial charge in [0.15, 0.2) is 0 Å². The van der Waals surface area contributed by atoms with Crippen molar-refractivity contribution in [1.29, 1.82) is 0 Å². The number of piperazine rings is 1. The molecule has 0 spiro atoms. The molecule has 0 aromatic heterocycles. The molecule has 130 valence electrons. The Morgan fingerprint density at radius 1 is 1.08 bits per heavy atom. The molecule has 2 aromatic carbocycles. The molecule has 1 fully saturated rings. The van der Waals surface area contributed by atoms with Gasteiger partial charge >= 0.3 is 0 Å². The van der Waals surface area contributed by atoms with E-state index in [1.165, 1.54) is 12.1 Å². The standard InChI is InChI=1S/C19H19FN2O3/c1-13-18(23)22(16-7-5-15(20)6-8-16)12-11-21(13)19(24)14-3-9-17(25-2)10-4-14/h3-10,13H,11-12H2,1-2H3/t13-/m0/s1. The summed E-state index contributed by atoms with van der Waals surface area (Å²) in [5, 5.41) is 0. The van der Waals surface area contributed by atoms with E-state index in [0.717, 1.165) is 0 Å². The molecule has 3 rings (SSSR count). The highest BCUT2D eigenvalue weighted by molar-refractivity contribution is 6.03. The number of amides is 2. The first-order valence-electron chi connectivity index (χ1n) is 8.03. The van der Waals surface area contributed by atoms with Crippen LogP contribution in [0.4, 0.5) is 10.1 Å². The van der Waals surface area contributed by atoms with Crippen molar-refractivity contribution < 1.29 is 18.7 Å². The molecule has 1 saturated heterocycles. The second kappa shape index (κ2) is 6.93. The number of anilines is 1. The number of halogens is 1. The quantitative estimate of drug-likeness (QED) is 0.862. The Hall–Kier alpha value is -2.89. The van der Waals surface area contributed by atoms with E-state index in [4.69, 9.17) is 4.74 Å². The zero-order valence-corrected chi connectivity index (χ0v) is 14.1. The molecule has 6 heteroatoms. The molecule has 0 N–H and O–H groups in total. The van der Waals surface area contributed by atoms with Gasteiger partial charge < -0.3 is 14.5 Å². The molecule has 1 atom stereocenters. The van der Waals surface area contributed by atoms with E-state index in [2.05, 4.69) is 0 Å². The molecule has 25 heavy (non-hydrogen) atoms. The maximum atomic E-state index is 13.1. The lowest BCUT2D eigenvalue weighted by Crippen LogP contribution is -2.57. The average molecular weight is 342 g/mol. The topological polar surface area (TPSA) is 49.9 Å². The maximum Gasteiger partial charge on any atom is 0.254 e. The van der Waals surface area contributed by atoms with Crippen LogP contribution in [0.3, 0.4) is 0 Å². The van der Waals surface area contributed by atoms with E-state index in [9.17, 15) is 14.0 Å². The molecule has 2 aromatic rings. The van der Waals surface area contributed by atoms with Gasteiger partial charge in [0, 0.05) is 24.3 Å². The van der Waals surface area contributed by atoms with Gasteiger partial charge in [0.25, 0.3) is 5.91 Å². The fraction of sp³-hybridized carbons (Fsp3) is 0.263. The summed E-state index contributed by atoms with van der Waals surface area (Å²) in [4.78, 5) is 28.5. The van der Waals surface area contributed by atoms with Crippen LogP contribution in [0.5, 0.6) is 5.75 Å². The van der Waals surface area contributed by atoms with Crippen LogP contribution in [0, 0.1) is 5.82 Å². The maximum absolute atomic E-state index is 13.1. The van der Waals surface area contributed by atoms with Crippen molar-refractivity contribution in [3.63, 3.8) is 0 Å². The van der Waals surface area contributed by atoms with Crippen LogP contribution < -0.4 is 9.64 Å². The number of rotatable bonds is 3. The summed E-state index contributed by atoms with van der Waals surface area (Å²) in [7, 11) is 1.56. The average Bonchev–Trinajstić information content (AvgIpc) is 2.64. The van der Waals surface area contributed by atoms with Crippen molar-refractivity contribution in [2.24, 2.45) is 0 Å². The van der Waals surface area contributed by atoms with Crippen LogP contribution >= 0.6 is 0 Å². The molecule has 0 unspecified atom stereocenters. The Balaban J connectivity index is 1.76. The largest absolute Gasteiger partial charge is 0.497 e. The second-order valence-electron chi connectivity index (χ2n) is 5.87. The Morgan fingerprint density at radius 3 is 2.32 bits per heavy atom. The van der Waals surface area contributed by atoms with Crippen molar-refractivity contribution >= 4 is 17.5 Å². The van der Waals surface area contributed by atoms with E-state index in [1.807, 2.05) is 0 Å². The molecule has 0 bridgehead atoms. The molecule has 0 saturated carbocycles. The molecular formula is C19H19FN2O3. The summed E-state index contributed by atoms with van der Waals surface area (Å²) in [5.74, 6) is -0.0543. The van der Waals surface area contributed by atoms with Gasteiger partial charge in [-0.15, -0.1) is 0 Å². The summed E-state index contributed by atoms with van der Waals surface area (Å²) in [6.07, 6.45) is 0. The Bertz CT molecular complexity index is 774. The Labute approximate surface area is 145 Å². The Kier molecular flexibility index (Phi) is 4.70. The highest BCUT2D eigenvalue weighted by atomic mass is 19.1. The third-order valence-corrected chi connectivity index (χ3v) is 4.39. The van der Waals surface area contributed by atoms with Crippen LogP contribution in [-0.2, 0) is 4.79 Å². The molecule has 1 aliphatic rings. The second-order valence-corrected chi connectivity index (χ2v) is 5.87. The summed E-state index contributed by atoms with van der Waals surface area (Å²) in [6.45, 7) is 2.49. The molecule has 5 nitrogen and oxygen atoms in total. The number of nitrogens with zero attached hydrogens (tertiary/aromatic N) is 2. The van der Waals surface area contributed by atoms with Crippen LogP contribution in [0.1, 0.15) is 17.3 Å². The number of hydrogen-bond donors (Lipinski definition) is 0. The van der Waals surface area contributed by atoms with Crippen molar-refractivity contribution in [3.05, 3.63) is 59.9 Å². The van der Waals surface area contributed by atoms with Crippen LogP contribution in [0.15, 0.2) is 48.5 Å². The SMILES string of the molecule is COc1ccc(C(=O)N2CCN(c3ccc(F)cc3)C(=O)[C@@H]2C)cc1. The monoisotopic (exact) mass is 342 g/mol. The molecule has 1 heterocycles. The van der Waals surface area contributed by atoms with Gasteiger partial charge in [-0.1, -0.05) is 0 Å². The van der Waals surface area contributed by atoms with Crippen LogP contribution in [-0.4, -0.2) is 43.0 Å². The van der Waals surface area contributed by atoms with Crippen LogP contribution in [0.25, 0.3) is 0 Å².